The van der Waals surface area contributed by atoms with Crippen LogP contribution in [0.5, 0.6) is 0 Å². The molecule has 0 atom stereocenters. The summed E-state index contributed by atoms with van der Waals surface area (Å²) in [7, 11) is 0. The van der Waals surface area contributed by atoms with Crippen LogP contribution in [0.3, 0.4) is 0 Å². The summed E-state index contributed by atoms with van der Waals surface area (Å²) in [6.07, 6.45) is 4.48. The fraction of sp³-hybridized carbons (Fsp3) is 0.500. The lowest BCUT2D eigenvalue weighted by atomic mass is 10.4. The van der Waals surface area contributed by atoms with E-state index in [1.165, 1.54) is 0 Å². The van der Waals surface area contributed by atoms with Gasteiger partial charge in [0.25, 0.3) is 0 Å². The zero-order chi connectivity index (χ0) is 8.81. The molecule has 0 saturated carbocycles. The first-order chi connectivity index (χ1) is 5.86. The summed E-state index contributed by atoms with van der Waals surface area (Å²) in [6, 6.07) is 0. The SMILES string of the molecule is CCCNc1cnc(CN)cn1. The first-order valence-corrected chi connectivity index (χ1v) is 4.11. The van der Waals surface area contributed by atoms with E-state index in [1.807, 2.05) is 0 Å². The maximum Gasteiger partial charge on any atom is 0.144 e. The molecule has 4 heteroatoms. The molecule has 1 rings (SSSR count). The maximum atomic E-state index is 5.38. The molecular weight excluding hydrogens is 152 g/mol. The molecule has 0 bridgehead atoms. The topological polar surface area (TPSA) is 63.8 Å². The molecule has 0 aliphatic heterocycles. The van der Waals surface area contributed by atoms with Gasteiger partial charge in [-0.1, -0.05) is 6.92 Å². The smallest absolute Gasteiger partial charge is 0.144 e. The molecule has 4 nitrogen and oxygen atoms in total. The molecular formula is C8H14N4. The Balaban J connectivity index is 2.53. The van der Waals surface area contributed by atoms with Gasteiger partial charge in [0.15, 0.2) is 0 Å². The molecule has 0 saturated heterocycles. The molecule has 0 unspecified atom stereocenters. The molecule has 0 radical (unpaired) electrons. The van der Waals surface area contributed by atoms with Crippen molar-refractivity contribution < 1.29 is 0 Å². The van der Waals surface area contributed by atoms with E-state index in [4.69, 9.17) is 5.73 Å². The van der Waals surface area contributed by atoms with Crippen molar-refractivity contribution >= 4 is 5.82 Å². The Labute approximate surface area is 72.2 Å². The number of nitrogens with two attached hydrogens (primary N) is 1. The Morgan fingerprint density at radius 1 is 1.42 bits per heavy atom. The highest BCUT2D eigenvalue weighted by Gasteiger charge is 1.93. The Hall–Kier alpha value is -1.16. The summed E-state index contributed by atoms with van der Waals surface area (Å²) in [5, 5.41) is 3.13. The van der Waals surface area contributed by atoms with E-state index in [0.717, 1.165) is 24.5 Å². The zero-order valence-corrected chi connectivity index (χ0v) is 7.25. The van der Waals surface area contributed by atoms with E-state index in [2.05, 4.69) is 22.2 Å². The Bertz CT molecular complexity index is 219. The summed E-state index contributed by atoms with van der Waals surface area (Å²) in [4.78, 5) is 8.23. The van der Waals surface area contributed by atoms with Gasteiger partial charge in [0.2, 0.25) is 0 Å². The highest BCUT2D eigenvalue weighted by Crippen LogP contribution is 1.99. The van der Waals surface area contributed by atoms with Crippen molar-refractivity contribution in [2.45, 2.75) is 19.9 Å². The third-order valence-corrected chi connectivity index (χ3v) is 1.47. The van der Waals surface area contributed by atoms with Gasteiger partial charge in [-0.25, -0.2) is 4.98 Å². The monoisotopic (exact) mass is 166 g/mol. The zero-order valence-electron chi connectivity index (χ0n) is 7.25. The Morgan fingerprint density at radius 2 is 2.25 bits per heavy atom. The third-order valence-electron chi connectivity index (χ3n) is 1.47. The maximum absolute atomic E-state index is 5.38. The first-order valence-electron chi connectivity index (χ1n) is 4.11. The van der Waals surface area contributed by atoms with E-state index in [9.17, 15) is 0 Å². The van der Waals surface area contributed by atoms with Crippen molar-refractivity contribution in [3.05, 3.63) is 18.1 Å². The van der Waals surface area contributed by atoms with Crippen molar-refractivity contribution in [1.82, 2.24) is 9.97 Å². The molecule has 0 aliphatic carbocycles. The first kappa shape index (κ1) is 8.93. The number of rotatable bonds is 4. The lowest BCUT2D eigenvalue weighted by Crippen LogP contribution is -2.05. The van der Waals surface area contributed by atoms with Crippen LogP contribution in [0.2, 0.25) is 0 Å². The molecule has 66 valence electrons. The van der Waals surface area contributed by atoms with Crippen LogP contribution < -0.4 is 11.1 Å². The van der Waals surface area contributed by atoms with Crippen LogP contribution in [0.25, 0.3) is 0 Å². The summed E-state index contributed by atoms with van der Waals surface area (Å²) in [5.41, 5.74) is 6.19. The number of nitrogens with zero attached hydrogens (tertiary/aromatic N) is 2. The average molecular weight is 166 g/mol. The van der Waals surface area contributed by atoms with Gasteiger partial charge in [-0.05, 0) is 6.42 Å². The van der Waals surface area contributed by atoms with Crippen molar-refractivity contribution in [2.24, 2.45) is 5.73 Å². The van der Waals surface area contributed by atoms with Gasteiger partial charge in [-0.2, -0.15) is 0 Å². The predicted molar refractivity (Wildman–Crippen MR) is 48.7 cm³/mol. The van der Waals surface area contributed by atoms with E-state index in [-0.39, 0.29) is 0 Å². The average Bonchev–Trinajstić information content (AvgIpc) is 2.15. The number of anilines is 1. The number of hydrogen-bond acceptors (Lipinski definition) is 4. The lowest BCUT2D eigenvalue weighted by Gasteiger charge is -2.02. The molecule has 0 aromatic carbocycles. The Morgan fingerprint density at radius 3 is 2.75 bits per heavy atom. The van der Waals surface area contributed by atoms with Crippen LogP contribution in [0.15, 0.2) is 12.4 Å². The molecule has 0 aliphatic rings. The molecule has 1 aromatic heterocycles. The fourth-order valence-electron chi connectivity index (χ4n) is 0.805. The van der Waals surface area contributed by atoms with Crippen LogP contribution in [0.4, 0.5) is 5.82 Å². The second-order valence-electron chi connectivity index (χ2n) is 2.52. The van der Waals surface area contributed by atoms with E-state index < -0.39 is 0 Å². The number of hydrogen-bond donors (Lipinski definition) is 2. The van der Waals surface area contributed by atoms with Crippen molar-refractivity contribution in [3.8, 4) is 0 Å². The van der Waals surface area contributed by atoms with E-state index >= 15 is 0 Å². The number of aromatic nitrogens is 2. The van der Waals surface area contributed by atoms with Gasteiger partial charge in [0, 0.05) is 13.1 Å². The number of nitrogens with one attached hydrogen (secondary N) is 1. The van der Waals surface area contributed by atoms with Gasteiger partial charge in [-0.15, -0.1) is 0 Å². The largest absolute Gasteiger partial charge is 0.369 e. The van der Waals surface area contributed by atoms with Crippen molar-refractivity contribution in [3.63, 3.8) is 0 Å². The minimum Gasteiger partial charge on any atom is -0.369 e. The molecule has 1 heterocycles. The summed E-state index contributed by atoms with van der Waals surface area (Å²) in [5.74, 6) is 0.814. The minimum atomic E-state index is 0.445. The second-order valence-corrected chi connectivity index (χ2v) is 2.52. The molecule has 0 amide bonds. The highest BCUT2D eigenvalue weighted by atomic mass is 15.0. The normalized spacial score (nSPS) is 9.83. The molecule has 0 fully saturated rings. The quantitative estimate of drug-likeness (QED) is 0.693. The summed E-state index contributed by atoms with van der Waals surface area (Å²) in [6.45, 7) is 3.48. The molecule has 12 heavy (non-hydrogen) atoms. The third kappa shape index (κ3) is 2.47. The minimum absolute atomic E-state index is 0.445. The molecule has 1 aromatic rings. The van der Waals surface area contributed by atoms with Crippen LogP contribution >= 0.6 is 0 Å². The lowest BCUT2D eigenvalue weighted by molar-refractivity contribution is 0.937. The molecule has 0 spiro atoms. The van der Waals surface area contributed by atoms with Gasteiger partial charge >= 0.3 is 0 Å². The van der Waals surface area contributed by atoms with Crippen molar-refractivity contribution in [2.75, 3.05) is 11.9 Å². The fourth-order valence-corrected chi connectivity index (χ4v) is 0.805. The Kier molecular flexibility index (Phi) is 3.47. The summed E-state index contributed by atoms with van der Waals surface area (Å²) >= 11 is 0. The highest BCUT2D eigenvalue weighted by molar-refractivity contribution is 5.30. The van der Waals surface area contributed by atoms with Crippen molar-refractivity contribution in [1.29, 1.82) is 0 Å². The standard InChI is InChI=1S/C8H14N4/c1-2-3-10-8-6-11-7(4-9)5-12-8/h5-6H,2-4,9H2,1H3,(H,10,12). The van der Waals surface area contributed by atoms with Gasteiger partial charge in [-0.3, -0.25) is 4.98 Å². The molecule has 3 N–H and O–H groups in total. The van der Waals surface area contributed by atoms with Gasteiger partial charge < -0.3 is 11.1 Å². The van der Waals surface area contributed by atoms with Crippen LogP contribution in [-0.4, -0.2) is 16.5 Å². The summed E-state index contributed by atoms with van der Waals surface area (Å²) < 4.78 is 0. The van der Waals surface area contributed by atoms with E-state index in [0.29, 0.717) is 6.54 Å². The predicted octanol–water partition coefficient (Wildman–Crippen LogP) is 0.757. The van der Waals surface area contributed by atoms with Crippen LogP contribution in [-0.2, 0) is 6.54 Å². The second kappa shape index (κ2) is 4.66. The van der Waals surface area contributed by atoms with Gasteiger partial charge in [0.1, 0.15) is 5.82 Å². The van der Waals surface area contributed by atoms with Gasteiger partial charge in [0.05, 0.1) is 18.1 Å². The van der Waals surface area contributed by atoms with E-state index in [1.54, 1.807) is 12.4 Å². The van der Waals surface area contributed by atoms with Crippen LogP contribution in [0, 0.1) is 0 Å². The van der Waals surface area contributed by atoms with Crippen LogP contribution in [0.1, 0.15) is 19.0 Å².